The van der Waals surface area contributed by atoms with Gasteiger partial charge in [0.2, 0.25) is 0 Å². The first-order valence-electron chi connectivity index (χ1n) is 17.3. The summed E-state index contributed by atoms with van der Waals surface area (Å²) in [5.74, 6) is 0. The molecular formula is C42H46O4Si4. The average Bonchev–Trinajstić information content (AvgIpc) is 3.15. The third-order valence-electron chi connectivity index (χ3n) is 8.35. The van der Waals surface area contributed by atoms with Gasteiger partial charge < -0.3 is 16.8 Å². The number of rotatable bonds is 14. The van der Waals surface area contributed by atoms with Gasteiger partial charge in [-0.3, -0.25) is 0 Å². The van der Waals surface area contributed by atoms with Crippen LogP contribution in [0, 0.1) is 0 Å². The summed E-state index contributed by atoms with van der Waals surface area (Å²) in [4.78, 5) is 0. The van der Waals surface area contributed by atoms with Crippen LogP contribution in [0.5, 0.6) is 0 Å². The highest BCUT2D eigenvalue weighted by molar-refractivity contribution is 7.10. The molecule has 0 amide bonds. The summed E-state index contributed by atoms with van der Waals surface area (Å²) in [6.45, 7) is 10.9. The lowest BCUT2D eigenvalue weighted by molar-refractivity contribution is 0.189. The van der Waals surface area contributed by atoms with Gasteiger partial charge in [0.05, 0.1) is 0 Å². The maximum atomic E-state index is 8.25. The Morgan fingerprint density at radius 3 is 0.780 bits per heavy atom. The summed E-state index contributed by atoms with van der Waals surface area (Å²) in [6.07, 6.45) is -0.135. The molecule has 0 aromatic heterocycles. The molecule has 0 spiro atoms. The molecule has 50 heavy (non-hydrogen) atoms. The van der Waals surface area contributed by atoms with Gasteiger partial charge in [0.25, 0.3) is 0 Å². The van der Waals surface area contributed by atoms with Crippen LogP contribution in [0.25, 0.3) is 0 Å². The standard InChI is InChI=1S/C42H46O4Si4/c1-36(2)43-48(37-24-12-6-13-25-37,38-26-14-7-15-27-38)45-50(41-32-20-10-21-33-41,42-34-22-11-23-35-42)46-49(44-47(3,4)5,39-28-16-8-17-29-39)40-30-18-9-19-31-40/h6-36H,1-5H3. The van der Waals surface area contributed by atoms with Gasteiger partial charge in [-0.25, -0.2) is 0 Å². The van der Waals surface area contributed by atoms with Crippen molar-refractivity contribution in [1.29, 1.82) is 0 Å². The van der Waals surface area contributed by atoms with Crippen molar-refractivity contribution >= 4 is 65.1 Å². The van der Waals surface area contributed by atoms with E-state index in [1.807, 2.05) is 12.1 Å². The van der Waals surface area contributed by atoms with Gasteiger partial charge in [-0.15, -0.1) is 0 Å². The molecule has 8 heteroatoms. The molecule has 0 bridgehead atoms. The molecule has 0 aliphatic heterocycles. The first-order valence-corrected chi connectivity index (χ1v) is 26.1. The van der Waals surface area contributed by atoms with E-state index in [9.17, 15) is 0 Å². The molecule has 254 valence electrons. The van der Waals surface area contributed by atoms with Gasteiger partial charge in [0.15, 0.2) is 8.32 Å². The van der Waals surface area contributed by atoms with Crippen LogP contribution in [0.2, 0.25) is 19.6 Å². The van der Waals surface area contributed by atoms with Crippen LogP contribution in [0.4, 0.5) is 0 Å². The molecule has 6 aromatic carbocycles. The fourth-order valence-corrected chi connectivity index (χ4v) is 24.8. The Labute approximate surface area is 302 Å². The molecule has 6 aromatic rings. The fourth-order valence-electron chi connectivity index (χ4n) is 6.40. The molecule has 0 saturated carbocycles. The Balaban J connectivity index is 1.76. The van der Waals surface area contributed by atoms with E-state index in [-0.39, 0.29) is 6.10 Å². The van der Waals surface area contributed by atoms with E-state index in [1.54, 1.807) is 0 Å². The minimum atomic E-state index is -3.82. The van der Waals surface area contributed by atoms with E-state index in [2.05, 4.69) is 203 Å². The second-order valence-corrected chi connectivity index (χ2v) is 27.7. The van der Waals surface area contributed by atoms with Crippen molar-refractivity contribution in [2.75, 3.05) is 0 Å². The Bertz CT molecular complexity index is 1790. The largest absolute Gasteiger partial charge is 0.430 e. The topological polar surface area (TPSA) is 36.9 Å². The molecule has 0 atom stereocenters. The van der Waals surface area contributed by atoms with Crippen LogP contribution < -0.4 is 31.1 Å². The summed E-state index contributed by atoms with van der Waals surface area (Å²) >= 11 is 0. The quantitative estimate of drug-likeness (QED) is 0.128. The van der Waals surface area contributed by atoms with E-state index in [0.717, 1.165) is 31.1 Å². The predicted octanol–water partition coefficient (Wildman–Crippen LogP) is 6.07. The van der Waals surface area contributed by atoms with Gasteiger partial charge in [0, 0.05) is 6.10 Å². The van der Waals surface area contributed by atoms with Gasteiger partial charge in [-0.1, -0.05) is 182 Å². The lowest BCUT2D eigenvalue weighted by Gasteiger charge is -2.47. The fraction of sp³-hybridized carbons (Fsp3) is 0.143. The van der Waals surface area contributed by atoms with Crippen molar-refractivity contribution in [2.45, 2.75) is 39.6 Å². The van der Waals surface area contributed by atoms with Crippen LogP contribution >= 0.6 is 0 Å². The number of hydrogen-bond acceptors (Lipinski definition) is 4. The third kappa shape index (κ3) is 7.68. The van der Waals surface area contributed by atoms with Gasteiger partial charge in [0.1, 0.15) is 0 Å². The normalized spacial score (nSPS) is 12.6. The SMILES string of the molecule is CC(C)O[Si](O[Si](O[Si](O[Si](C)(C)C)(c1ccccc1)c1ccccc1)(c1ccccc1)c1ccccc1)(c1ccccc1)c1ccccc1. The Morgan fingerprint density at radius 1 is 0.320 bits per heavy atom. The lowest BCUT2D eigenvalue weighted by Crippen LogP contribution is -2.81. The van der Waals surface area contributed by atoms with Crippen LogP contribution in [-0.4, -0.2) is 40.1 Å². The van der Waals surface area contributed by atoms with E-state index in [1.165, 1.54) is 0 Å². The van der Waals surface area contributed by atoms with Crippen molar-refractivity contribution in [3.05, 3.63) is 182 Å². The molecule has 0 saturated heterocycles. The van der Waals surface area contributed by atoms with E-state index >= 15 is 0 Å². The van der Waals surface area contributed by atoms with Crippen LogP contribution in [-0.2, 0) is 16.8 Å². The number of hydrogen-bond donors (Lipinski definition) is 0. The smallest absolute Gasteiger partial charge is 0.398 e. The van der Waals surface area contributed by atoms with Crippen LogP contribution in [0.15, 0.2) is 182 Å². The van der Waals surface area contributed by atoms with Crippen molar-refractivity contribution in [2.24, 2.45) is 0 Å². The minimum Gasteiger partial charge on any atom is -0.430 e. The van der Waals surface area contributed by atoms with Gasteiger partial charge in [-0.2, -0.15) is 0 Å². The zero-order valence-electron chi connectivity index (χ0n) is 29.5. The molecule has 0 N–H and O–H groups in total. The third-order valence-corrected chi connectivity index (χ3v) is 23.9. The highest BCUT2D eigenvalue weighted by Crippen LogP contribution is 2.27. The van der Waals surface area contributed by atoms with Gasteiger partial charge >= 0.3 is 25.7 Å². The van der Waals surface area contributed by atoms with Crippen molar-refractivity contribution in [1.82, 2.24) is 0 Å². The molecule has 0 fully saturated rings. The Morgan fingerprint density at radius 2 is 0.540 bits per heavy atom. The van der Waals surface area contributed by atoms with E-state index in [0.29, 0.717) is 0 Å². The summed E-state index contributed by atoms with van der Waals surface area (Å²) in [6, 6.07) is 63.1. The zero-order chi connectivity index (χ0) is 35.1. The predicted molar refractivity (Wildman–Crippen MR) is 217 cm³/mol. The molecule has 0 aliphatic rings. The maximum absolute atomic E-state index is 8.25. The van der Waals surface area contributed by atoms with Gasteiger partial charge in [-0.05, 0) is 64.6 Å². The summed E-state index contributed by atoms with van der Waals surface area (Å²) in [5.41, 5.74) is 0. The number of benzene rings is 6. The molecule has 4 nitrogen and oxygen atoms in total. The Kier molecular flexibility index (Phi) is 11.1. The van der Waals surface area contributed by atoms with E-state index < -0.39 is 34.0 Å². The maximum Gasteiger partial charge on any atom is 0.398 e. The Hall–Kier alpha value is -3.97. The summed E-state index contributed by atoms with van der Waals surface area (Å²) < 4.78 is 31.3. The second kappa shape index (κ2) is 15.5. The molecule has 0 aliphatic carbocycles. The minimum absolute atomic E-state index is 0.135. The van der Waals surface area contributed by atoms with Crippen molar-refractivity contribution < 1.29 is 16.8 Å². The molecular weight excluding hydrogens is 681 g/mol. The average molecular weight is 727 g/mol. The highest BCUT2D eigenvalue weighted by atomic mass is 28.5. The second-order valence-electron chi connectivity index (χ2n) is 13.6. The van der Waals surface area contributed by atoms with Crippen LogP contribution in [0.3, 0.4) is 0 Å². The van der Waals surface area contributed by atoms with Crippen molar-refractivity contribution in [3.63, 3.8) is 0 Å². The first kappa shape index (κ1) is 35.8. The molecule has 6 rings (SSSR count). The molecule has 0 heterocycles. The van der Waals surface area contributed by atoms with Crippen LogP contribution in [0.1, 0.15) is 13.8 Å². The molecule has 0 unspecified atom stereocenters. The van der Waals surface area contributed by atoms with E-state index in [4.69, 9.17) is 16.8 Å². The lowest BCUT2D eigenvalue weighted by atomic mass is 10.4. The van der Waals surface area contributed by atoms with Crippen molar-refractivity contribution in [3.8, 4) is 0 Å². The summed E-state index contributed by atoms with van der Waals surface area (Å²) in [5, 5.41) is 6.10. The monoisotopic (exact) mass is 726 g/mol. The molecule has 0 radical (unpaired) electrons. The highest BCUT2D eigenvalue weighted by Gasteiger charge is 2.60. The zero-order valence-corrected chi connectivity index (χ0v) is 33.5. The first-order chi connectivity index (χ1) is 24.2. The summed E-state index contributed by atoms with van der Waals surface area (Å²) in [7, 11) is -13.2.